The average molecular weight is 202 g/mol. The Labute approximate surface area is 82.3 Å². The van der Waals surface area contributed by atoms with Crippen molar-refractivity contribution < 1.29 is 4.74 Å². The molecule has 0 saturated heterocycles. The van der Waals surface area contributed by atoms with E-state index in [4.69, 9.17) is 16.3 Å². The van der Waals surface area contributed by atoms with Crippen LogP contribution in [0.25, 0.3) is 0 Å². The van der Waals surface area contributed by atoms with Crippen LogP contribution >= 0.6 is 11.6 Å². The normalized spacial score (nSPS) is 10.2. The maximum atomic E-state index is 5.85. The summed E-state index contributed by atoms with van der Waals surface area (Å²) in [7, 11) is 1.52. The van der Waals surface area contributed by atoms with E-state index < -0.39 is 0 Å². The highest BCUT2D eigenvalue weighted by atomic mass is 35.5. The SMILES string of the molecule is COc1ncc(Cl)c(NC(C)C)n1. The number of methoxy groups -OCH3 is 1. The van der Waals surface area contributed by atoms with E-state index in [-0.39, 0.29) is 6.04 Å². The number of nitrogens with zero attached hydrogens (tertiary/aromatic N) is 2. The molecule has 0 aliphatic heterocycles. The van der Waals surface area contributed by atoms with Gasteiger partial charge >= 0.3 is 6.01 Å². The lowest BCUT2D eigenvalue weighted by atomic mass is 10.4. The fourth-order valence-electron chi connectivity index (χ4n) is 0.824. The van der Waals surface area contributed by atoms with Crippen LogP contribution in [0.5, 0.6) is 6.01 Å². The van der Waals surface area contributed by atoms with Crippen LogP contribution in [0.3, 0.4) is 0 Å². The highest BCUT2D eigenvalue weighted by Crippen LogP contribution is 2.20. The average Bonchev–Trinajstić information content (AvgIpc) is 2.08. The molecule has 0 spiro atoms. The summed E-state index contributed by atoms with van der Waals surface area (Å²) in [5, 5.41) is 3.58. The predicted molar refractivity (Wildman–Crippen MR) is 52.4 cm³/mol. The molecule has 0 bridgehead atoms. The zero-order chi connectivity index (χ0) is 9.84. The van der Waals surface area contributed by atoms with Gasteiger partial charge in [0.1, 0.15) is 5.02 Å². The molecular weight excluding hydrogens is 190 g/mol. The van der Waals surface area contributed by atoms with Gasteiger partial charge in [0.25, 0.3) is 0 Å². The van der Waals surface area contributed by atoms with Gasteiger partial charge in [0.2, 0.25) is 0 Å². The van der Waals surface area contributed by atoms with Crippen LogP contribution < -0.4 is 10.1 Å². The Bertz CT molecular complexity index is 291. The number of ether oxygens (including phenoxy) is 1. The van der Waals surface area contributed by atoms with Crippen LogP contribution in [0.1, 0.15) is 13.8 Å². The van der Waals surface area contributed by atoms with Crippen molar-refractivity contribution in [1.82, 2.24) is 9.97 Å². The molecule has 0 amide bonds. The summed E-state index contributed by atoms with van der Waals surface area (Å²) in [4.78, 5) is 7.91. The fourth-order valence-corrected chi connectivity index (χ4v) is 0.970. The molecule has 0 fully saturated rings. The number of rotatable bonds is 3. The first kappa shape index (κ1) is 10.1. The van der Waals surface area contributed by atoms with Crippen LogP contribution in [0.15, 0.2) is 6.20 Å². The molecule has 0 aromatic carbocycles. The maximum Gasteiger partial charge on any atom is 0.318 e. The summed E-state index contributed by atoms with van der Waals surface area (Å²) in [6.45, 7) is 4.01. The van der Waals surface area contributed by atoms with Gasteiger partial charge in [-0.15, -0.1) is 0 Å². The van der Waals surface area contributed by atoms with E-state index in [1.54, 1.807) is 0 Å². The summed E-state index contributed by atoms with van der Waals surface area (Å²) in [5.74, 6) is 0.600. The Hall–Kier alpha value is -1.03. The van der Waals surface area contributed by atoms with E-state index >= 15 is 0 Å². The van der Waals surface area contributed by atoms with Gasteiger partial charge in [-0.3, -0.25) is 0 Å². The lowest BCUT2D eigenvalue weighted by Crippen LogP contribution is -2.12. The number of anilines is 1. The van der Waals surface area contributed by atoms with Crippen LogP contribution in [0.4, 0.5) is 5.82 Å². The lowest BCUT2D eigenvalue weighted by molar-refractivity contribution is 0.380. The Kier molecular flexibility index (Phi) is 3.31. The van der Waals surface area contributed by atoms with Gasteiger partial charge in [0, 0.05) is 6.04 Å². The number of aromatic nitrogens is 2. The minimum Gasteiger partial charge on any atom is -0.467 e. The molecule has 1 N–H and O–H groups in total. The third-order valence-corrected chi connectivity index (χ3v) is 1.61. The van der Waals surface area contributed by atoms with Gasteiger partial charge in [-0.25, -0.2) is 4.98 Å². The first-order valence-corrected chi connectivity index (χ1v) is 4.34. The van der Waals surface area contributed by atoms with Gasteiger partial charge in [0.05, 0.1) is 13.3 Å². The lowest BCUT2D eigenvalue weighted by Gasteiger charge is -2.10. The van der Waals surface area contributed by atoms with E-state index in [0.29, 0.717) is 16.9 Å². The Morgan fingerprint density at radius 1 is 1.54 bits per heavy atom. The highest BCUT2D eigenvalue weighted by Gasteiger charge is 2.05. The third kappa shape index (κ3) is 2.73. The van der Waals surface area contributed by atoms with E-state index in [1.807, 2.05) is 13.8 Å². The van der Waals surface area contributed by atoms with Crippen molar-refractivity contribution in [3.8, 4) is 6.01 Å². The monoisotopic (exact) mass is 201 g/mol. The van der Waals surface area contributed by atoms with Gasteiger partial charge in [-0.2, -0.15) is 4.98 Å². The summed E-state index contributed by atoms with van der Waals surface area (Å²) < 4.78 is 4.87. The van der Waals surface area contributed by atoms with Crippen LogP contribution in [-0.4, -0.2) is 23.1 Å². The maximum absolute atomic E-state index is 5.85. The van der Waals surface area contributed by atoms with Crippen molar-refractivity contribution in [3.63, 3.8) is 0 Å². The van der Waals surface area contributed by atoms with Gasteiger partial charge < -0.3 is 10.1 Å². The van der Waals surface area contributed by atoms with Crippen molar-refractivity contribution in [3.05, 3.63) is 11.2 Å². The second-order valence-electron chi connectivity index (χ2n) is 2.85. The number of hydrogen-bond donors (Lipinski definition) is 1. The van der Waals surface area contributed by atoms with Crippen molar-refractivity contribution in [1.29, 1.82) is 0 Å². The number of nitrogens with one attached hydrogen (secondary N) is 1. The van der Waals surface area contributed by atoms with Gasteiger partial charge in [0.15, 0.2) is 5.82 Å². The second kappa shape index (κ2) is 4.28. The predicted octanol–water partition coefficient (Wildman–Crippen LogP) is 1.96. The van der Waals surface area contributed by atoms with Crippen LogP contribution in [0.2, 0.25) is 5.02 Å². The topological polar surface area (TPSA) is 47.0 Å². The molecule has 0 saturated carbocycles. The Balaban J connectivity index is 2.90. The third-order valence-electron chi connectivity index (χ3n) is 1.33. The molecular formula is C8H12ClN3O. The summed E-state index contributed by atoms with van der Waals surface area (Å²) in [6, 6.07) is 0.588. The number of halogens is 1. The minimum absolute atomic E-state index is 0.275. The molecule has 13 heavy (non-hydrogen) atoms. The Morgan fingerprint density at radius 2 is 2.23 bits per heavy atom. The highest BCUT2D eigenvalue weighted by molar-refractivity contribution is 6.32. The molecule has 1 heterocycles. The molecule has 1 aromatic heterocycles. The molecule has 1 aromatic rings. The van der Waals surface area contributed by atoms with E-state index in [9.17, 15) is 0 Å². The standard InChI is InChI=1S/C8H12ClN3O/c1-5(2)11-7-6(9)4-10-8(12-7)13-3/h4-5H,1-3H3,(H,10,11,12). The quantitative estimate of drug-likeness (QED) is 0.812. The fraction of sp³-hybridized carbons (Fsp3) is 0.500. The molecule has 1 rings (SSSR count). The molecule has 0 radical (unpaired) electrons. The van der Waals surface area contributed by atoms with E-state index in [0.717, 1.165) is 0 Å². The largest absolute Gasteiger partial charge is 0.467 e. The zero-order valence-corrected chi connectivity index (χ0v) is 8.59. The molecule has 0 atom stereocenters. The molecule has 4 nitrogen and oxygen atoms in total. The van der Waals surface area contributed by atoms with Gasteiger partial charge in [-0.1, -0.05) is 11.6 Å². The van der Waals surface area contributed by atoms with Crippen molar-refractivity contribution >= 4 is 17.4 Å². The van der Waals surface area contributed by atoms with Crippen molar-refractivity contribution in [2.24, 2.45) is 0 Å². The smallest absolute Gasteiger partial charge is 0.318 e. The van der Waals surface area contributed by atoms with Crippen LogP contribution in [-0.2, 0) is 0 Å². The Morgan fingerprint density at radius 3 is 2.77 bits per heavy atom. The van der Waals surface area contributed by atoms with E-state index in [1.165, 1.54) is 13.3 Å². The zero-order valence-electron chi connectivity index (χ0n) is 7.84. The molecule has 5 heteroatoms. The summed E-state index contributed by atoms with van der Waals surface area (Å²) >= 11 is 5.85. The first-order valence-electron chi connectivity index (χ1n) is 3.96. The van der Waals surface area contributed by atoms with Crippen molar-refractivity contribution in [2.45, 2.75) is 19.9 Å². The first-order chi connectivity index (χ1) is 6.13. The summed E-state index contributed by atoms with van der Waals surface area (Å²) in [5.41, 5.74) is 0. The minimum atomic E-state index is 0.275. The van der Waals surface area contributed by atoms with Gasteiger partial charge in [-0.05, 0) is 13.8 Å². The second-order valence-corrected chi connectivity index (χ2v) is 3.26. The number of hydrogen-bond acceptors (Lipinski definition) is 4. The molecule has 0 unspecified atom stereocenters. The van der Waals surface area contributed by atoms with E-state index in [2.05, 4.69) is 15.3 Å². The van der Waals surface area contributed by atoms with Crippen LogP contribution in [0, 0.1) is 0 Å². The molecule has 0 aliphatic rings. The summed E-state index contributed by atoms with van der Waals surface area (Å²) in [6.07, 6.45) is 1.51. The molecule has 0 aliphatic carbocycles. The van der Waals surface area contributed by atoms with Crippen molar-refractivity contribution in [2.75, 3.05) is 12.4 Å². The molecule has 72 valence electrons.